The number of aliphatic hydroxyl groups is 2. The van der Waals surface area contributed by atoms with Crippen LogP contribution >= 0.6 is 0 Å². The normalized spacial score (nSPS) is 16.3. The van der Waals surface area contributed by atoms with E-state index in [2.05, 4.69) is 0 Å². The first-order chi connectivity index (χ1) is 4.68. The molecule has 2 N–H and O–H groups in total. The molecule has 10 heavy (non-hydrogen) atoms. The molecule has 3 nitrogen and oxygen atoms in total. The maximum absolute atomic E-state index is 9.89. The van der Waals surface area contributed by atoms with Crippen LogP contribution in [0.5, 0.6) is 0 Å². The Kier molecular flexibility index (Phi) is 4.23. The Morgan fingerprint density at radius 1 is 1.60 bits per heavy atom. The summed E-state index contributed by atoms with van der Waals surface area (Å²) in [7, 11) is 0. The summed E-state index contributed by atoms with van der Waals surface area (Å²) < 4.78 is 0. The first-order valence-electron chi connectivity index (χ1n) is 3.45. The van der Waals surface area contributed by atoms with Crippen LogP contribution in [-0.4, -0.2) is 28.7 Å². The molecular formula is C7H14O3. The minimum absolute atomic E-state index is 0.267. The number of hydrogen-bond donors (Lipinski definition) is 2. The Morgan fingerprint density at radius 2 is 2.20 bits per heavy atom. The summed E-state index contributed by atoms with van der Waals surface area (Å²) in [6.07, 6.45) is 1.89. The van der Waals surface area contributed by atoms with Crippen LogP contribution in [0.2, 0.25) is 0 Å². The molecule has 0 saturated carbocycles. The number of aldehydes is 1. The van der Waals surface area contributed by atoms with Crippen LogP contribution in [0, 0.1) is 0 Å². The molecule has 0 aromatic carbocycles. The van der Waals surface area contributed by atoms with Gasteiger partial charge >= 0.3 is 0 Å². The van der Waals surface area contributed by atoms with E-state index in [-0.39, 0.29) is 6.61 Å². The number of rotatable bonds is 5. The fraction of sp³-hybridized carbons (Fsp3) is 0.857. The lowest BCUT2D eigenvalue weighted by atomic mass is 9.96. The predicted molar refractivity (Wildman–Crippen MR) is 37.6 cm³/mol. The molecule has 0 bridgehead atoms. The summed E-state index contributed by atoms with van der Waals surface area (Å²) in [5, 5.41) is 18.0. The van der Waals surface area contributed by atoms with Gasteiger partial charge in [-0.1, -0.05) is 6.92 Å². The fourth-order valence-electron chi connectivity index (χ4n) is 0.695. The van der Waals surface area contributed by atoms with Crippen LogP contribution in [0.4, 0.5) is 0 Å². The maximum Gasteiger partial charge on any atom is 0.120 e. The third-order valence-electron chi connectivity index (χ3n) is 1.68. The van der Waals surface area contributed by atoms with Crippen molar-refractivity contribution < 1.29 is 15.0 Å². The summed E-state index contributed by atoms with van der Waals surface area (Å²) in [6, 6.07) is 0. The summed E-state index contributed by atoms with van der Waals surface area (Å²) in [4.78, 5) is 9.89. The molecular weight excluding hydrogens is 132 g/mol. The SMILES string of the molecule is CCC(O)(CO)CCC=O. The van der Waals surface area contributed by atoms with Gasteiger partial charge in [-0.25, -0.2) is 0 Å². The second-order valence-corrected chi connectivity index (χ2v) is 2.44. The standard InChI is InChI=1S/C7H14O3/c1-2-7(10,6-9)4-3-5-8/h5,9-10H,2-4,6H2,1H3. The van der Waals surface area contributed by atoms with Gasteiger partial charge in [-0.15, -0.1) is 0 Å². The molecule has 0 saturated heterocycles. The zero-order valence-electron chi connectivity index (χ0n) is 6.21. The van der Waals surface area contributed by atoms with E-state index < -0.39 is 5.60 Å². The molecule has 0 aromatic heterocycles. The van der Waals surface area contributed by atoms with E-state index in [9.17, 15) is 9.90 Å². The highest BCUT2D eigenvalue weighted by atomic mass is 16.3. The summed E-state index contributed by atoms with van der Waals surface area (Å²) in [5.74, 6) is 0. The van der Waals surface area contributed by atoms with Crippen LogP contribution in [0.1, 0.15) is 26.2 Å². The molecule has 0 fully saturated rings. The number of hydrogen-bond acceptors (Lipinski definition) is 3. The molecule has 0 rings (SSSR count). The van der Waals surface area contributed by atoms with Gasteiger partial charge in [0.1, 0.15) is 6.29 Å². The molecule has 0 aliphatic heterocycles. The van der Waals surface area contributed by atoms with Crippen molar-refractivity contribution in [3.8, 4) is 0 Å². The second-order valence-electron chi connectivity index (χ2n) is 2.44. The molecule has 60 valence electrons. The zero-order chi connectivity index (χ0) is 8.04. The van der Waals surface area contributed by atoms with Crippen LogP contribution < -0.4 is 0 Å². The molecule has 0 aromatic rings. The van der Waals surface area contributed by atoms with Gasteiger partial charge < -0.3 is 15.0 Å². The van der Waals surface area contributed by atoms with Crippen molar-refractivity contribution in [3.05, 3.63) is 0 Å². The Bertz CT molecular complexity index is 97.0. The minimum atomic E-state index is -1.04. The average molecular weight is 146 g/mol. The summed E-state index contributed by atoms with van der Waals surface area (Å²) in [5.41, 5.74) is -1.04. The van der Waals surface area contributed by atoms with Gasteiger partial charge in [0.25, 0.3) is 0 Å². The van der Waals surface area contributed by atoms with Crippen molar-refractivity contribution >= 4 is 6.29 Å². The van der Waals surface area contributed by atoms with Crippen LogP contribution in [0.25, 0.3) is 0 Å². The Hall–Kier alpha value is -0.410. The fourth-order valence-corrected chi connectivity index (χ4v) is 0.695. The van der Waals surface area contributed by atoms with E-state index in [1.807, 2.05) is 0 Å². The van der Waals surface area contributed by atoms with Crippen molar-refractivity contribution in [1.29, 1.82) is 0 Å². The molecule has 1 unspecified atom stereocenters. The van der Waals surface area contributed by atoms with Crippen LogP contribution in [0.3, 0.4) is 0 Å². The number of carbonyl (C=O) groups is 1. The smallest absolute Gasteiger partial charge is 0.120 e. The van der Waals surface area contributed by atoms with Gasteiger partial charge in [0, 0.05) is 6.42 Å². The summed E-state index contributed by atoms with van der Waals surface area (Å²) >= 11 is 0. The molecule has 0 aliphatic rings. The maximum atomic E-state index is 9.89. The lowest BCUT2D eigenvalue weighted by Gasteiger charge is -2.22. The molecule has 0 amide bonds. The van der Waals surface area contributed by atoms with E-state index in [4.69, 9.17) is 5.11 Å². The highest BCUT2D eigenvalue weighted by molar-refractivity contribution is 5.49. The van der Waals surface area contributed by atoms with Crippen molar-refractivity contribution in [3.63, 3.8) is 0 Å². The lowest BCUT2D eigenvalue weighted by Crippen LogP contribution is -2.32. The Morgan fingerprint density at radius 3 is 2.50 bits per heavy atom. The topological polar surface area (TPSA) is 57.5 Å². The Labute approximate surface area is 60.7 Å². The molecule has 1 atom stereocenters. The van der Waals surface area contributed by atoms with Crippen LogP contribution in [0.15, 0.2) is 0 Å². The third kappa shape index (κ3) is 2.94. The van der Waals surface area contributed by atoms with E-state index in [0.717, 1.165) is 6.29 Å². The molecule has 3 heteroatoms. The van der Waals surface area contributed by atoms with Crippen molar-refractivity contribution in [2.45, 2.75) is 31.8 Å². The molecule has 0 aliphatic carbocycles. The van der Waals surface area contributed by atoms with Gasteiger partial charge in [0.05, 0.1) is 12.2 Å². The number of aliphatic hydroxyl groups excluding tert-OH is 1. The minimum Gasteiger partial charge on any atom is -0.393 e. The Balaban J connectivity index is 3.68. The molecule has 0 heterocycles. The van der Waals surface area contributed by atoms with Crippen molar-refractivity contribution in [1.82, 2.24) is 0 Å². The number of carbonyl (C=O) groups excluding carboxylic acids is 1. The van der Waals surface area contributed by atoms with E-state index in [1.165, 1.54) is 0 Å². The first-order valence-corrected chi connectivity index (χ1v) is 3.45. The van der Waals surface area contributed by atoms with Gasteiger partial charge in [-0.05, 0) is 12.8 Å². The van der Waals surface area contributed by atoms with Gasteiger partial charge in [0.15, 0.2) is 0 Å². The largest absolute Gasteiger partial charge is 0.393 e. The predicted octanol–water partition coefficient (Wildman–Crippen LogP) is 0.0989. The van der Waals surface area contributed by atoms with E-state index >= 15 is 0 Å². The second kappa shape index (κ2) is 4.41. The third-order valence-corrected chi connectivity index (χ3v) is 1.68. The highest BCUT2D eigenvalue weighted by Crippen LogP contribution is 2.14. The van der Waals surface area contributed by atoms with Crippen molar-refractivity contribution in [2.75, 3.05) is 6.61 Å². The average Bonchev–Trinajstić information content (AvgIpc) is 2.00. The molecule has 0 spiro atoms. The monoisotopic (exact) mass is 146 g/mol. The van der Waals surface area contributed by atoms with Gasteiger partial charge in [-0.2, -0.15) is 0 Å². The quantitative estimate of drug-likeness (QED) is 0.541. The van der Waals surface area contributed by atoms with E-state index in [0.29, 0.717) is 19.3 Å². The first kappa shape index (κ1) is 9.59. The van der Waals surface area contributed by atoms with Crippen molar-refractivity contribution in [2.24, 2.45) is 0 Å². The summed E-state index contributed by atoms with van der Waals surface area (Å²) in [6.45, 7) is 1.51. The highest BCUT2D eigenvalue weighted by Gasteiger charge is 2.22. The van der Waals surface area contributed by atoms with E-state index in [1.54, 1.807) is 6.92 Å². The lowest BCUT2D eigenvalue weighted by molar-refractivity contribution is -0.109. The van der Waals surface area contributed by atoms with Crippen LogP contribution in [-0.2, 0) is 4.79 Å². The van der Waals surface area contributed by atoms with Gasteiger partial charge in [0.2, 0.25) is 0 Å². The molecule has 0 radical (unpaired) electrons. The van der Waals surface area contributed by atoms with Gasteiger partial charge in [-0.3, -0.25) is 0 Å². The zero-order valence-corrected chi connectivity index (χ0v) is 6.21.